The Kier molecular flexibility index (Phi) is 9.13. The van der Waals surface area contributed by atoms with Crippen molar-refractivity contribution in [3.63, 3.8) is 0 Å². The average Bonchev–Trinajstić information content (AvgIpc) is 3.33. The molecule has 0 aromatic heterocycles. The summed E-state index contributed by atoms with van der Waals surface area (Å²) in [5.74, 6) is -1.23. The fraction of sp³-hybridized carbons (Fsp3) is 0.483. The van der Waals surface area contributed by atoms with E-state index < -0.39 is 29.2 Å². The van der Waals surface area contributed by atoms with Crippen LogP contribution in [-0.4, -0.2) is 66.2 Å². The first-order chi connectivity index (χ1) is 19.0. The van der Waals surface area contributed by atoms with Gasteiger partial charge in [0.05, 0.1) is 36.4 Å². The molecule has 4 rings (SSSR count). The molecule has 3 N–H and O–H groups in total. The lowest BCUT2D eigenvalue weighted by Gasteiger charge is -2.40. The Balaban J connectivity index is 1.30. The molecule has 2 aromatic carbocycles. The monoisotopic (exact) mass is 558 g/mol. The maximum atomic E-state index is 12.9. The molecule has 1 aliphatic heterocycles. The Labute approximate surface area is 231 Å². The predicted molar refractivity (Wildman–Crippen MR) is 142 cm³/mol. The van der Waals surface area contributed by atoms with Crippen LogP contribution in [-0.2, 0) is 21.3 Å². The van der Waals surface area contributed by atoms with Crippen LogP contribution in [0.2, 0.25) is 0 Å². The van der Waals surface area contributed by atoms with Crippen LogP contribution in [0, 0.1) is 6.57 Å². The van der Waals surface area contributed by atoms with Gasteiger partial charge in [-0.3, -0.25) is 14.5 Å². The average molecular weight is 559 g/mol. The zero-order chi connectivity index (χ0) is 28.9. The van der Waals surface area contributed by atoms with Gasteiger partial charge in [0.15, 0.2) is 5.69 Å². The van der Waals surface area contributed by atoms with E-state index in [1.54, 1.807) is 12.1 Å². The van der Waals surface area contributed by atoms with Gasteiger partial charge in [0, 0.05) is 31.3 Å². The van der Waals surface area contributed by atoms with Crippen molar-refractivity contribution < 1.29 is 32.6 Å². The van der Waals surface area contributed by atoms with Gasteiger partial charge in [-0.2, -0.15) is 13.2 Å². The van der Waals surface area contributed by atoms with Gasteiger partial charge >= 0.3 is 6.18 Å². The van der Waals surface area contributed by atoms with Crippen molar-refractivity contribution in [2.24, 2.45) is 0 Å². The van der Waals surface area contributed by atoms with Crippen LogP contribution in [0.25, 0.3) is 4.85 Å². The molecule has 0 bridgehead atoms. The largest absolute Gasteiger partial charge is 0.416 e. The van der Waals surface area contributed by atoms with E-state index in [0.29, 0.717) is 38.2 Å². The van der Waals surface area contributed by atoms with E-state index in [4.69, 9.17) is 11.3 Å². The number of nitrogens with one attached hydrogen (secondary N) is 2. The first kappa shape index (κ1) is 29.5. The lowest BCUT2D eigenvalue weighted by molar-refractivity contribution is -0.137. The molecular weight excluding hydrogens is 525 g/mol. The molecule has 0 radical (unpaired) electrons. The Morgan fingerprint density at radius 3 is 2.48 bits per heavy atom. The molecule has 8 nitrogen and oxygen atoms in total. The molecule has 0 spiro atoms. The van der Waals surface area contributed by atoms with E-state index in [9.17, 15) is 27.9 Å². The van der Waals surface area contributed by atoms with Gasteiger partial charge in [0.25, 0.3) is 5.91 Å². The number of amides is 2. The molecule has 2 aromatic rings. The van der Waals surface area contributed by atoms with E-state index in [1.165, 1.54) is 6.07 Å². The van der Waals surface area contributed by atoms with E-state index in [1.807, 2.05) is 19.1 Å². The first-order valence-corrected chi connectivity index (χ1v) is 13.3. The number of aliphatic hydroxyl groups is 1. The third-order valence-electron chi connectivity index (χ3n) is 7.72. The van der Waals surface area contributed by atoms with E-state index in [2.05, 4.69) is 20.4 Å². The predicted octanol–water partition coefficient (Wildman–Crippen LogP) is 4.02. The topological polar surface area (TPSA) is 95.3 Å². The number of alkyl halides is 3. The number of benzene rings is 2. The first-order valence-electron chi connectivity index (χ1n) is 13.3. The molecule has 214 valence electrons. The zero-order valence-corrected chi connectivity index (χ0v) is 22.2. The maximum absolute atomic E-state index is 12.9. The number of nitrogens with zero attached hydrogens (tertiary/aromatic N) is 2. The molecule has 1 saturated carbocycles. The standard InChI is InChI=1S/C29H33F3N4O4/c1-3-40-25-18-36(23-11-13-28(39,14-12-23)20-7-9-22(33-2)10-8-20)17-24(25)35-26(37)16-34-27(38)19-5-4-6-21(15-19)29(30,31)32/h4-10,15,23-25,39H,3,11-14,16-18H2,1H3,(H,34,38)(H,35,37)/t23?,24?,25-,28?/m0/s1. The second-order valence-corrected chi connectivity index (χ2v) is 10.3. The van der Waals surface area contributed by atoms with Gasteiger partial charge in [0.2, 0.25) is 5.91 Å². The van der Waals surface area contributed by atoms with Gasteiger partial charge in [-0.1, -0.05) is 30.3 Å². The molecule has 11 heteroatoms. The molecule has 2 fully saturated rings. The van der Waals surface area contributed by atoms with Gasteiger partial charge in [-0.25, -0.2) is 4.85 Å². The fourth-order valence-electron chi connectivity index (χ4n) is 5.56. The lowest BCUT2D eigenvalue weighted by Crippen LogP contribution is -2.48. The summed E-state index contributed by atoms with van der Waals surface area (Å²) >= 11 is 0. The minimum absolute atomic E-state index is 0.179. The highest BCUT2D eigenvalue weighted by Gasteiger charge is 2.42. The van der Waals surface area contributed by atoms with Crippen LogP contribution in [0.3, 0.4) is 0 Å². The summed E-state index contributed by atoms with van der Waals surface area (Å²) in [7, 11) is 0. The van der Waals surface area contributed by atoms with Crippen molar-refractivity contribution in [2.75, 3.05) is 26.2 Å². The number of likely N-dealkylation sites (tertiary alicyclic amines) is 1. The van der Waals surface area contributed by atoms with Crippen LogP contribution in [0.4, 0.5) is 18.9 Å². The molecule has 1 aliphatic carbocycles. The number of halogens is 3. The van der Waals surface area contributed by atoms with Crippen LogP contribution < -0.4 is 10.6 Å². The number of ether oxygens (including phenoxy) is 1. The highest BCUT2D eigenvalue weighted by Crippen LogP contribution is 2.40. The molecule has 2 amide bonds. The van der Waals surface area contributed by atoms with Crippen molar-refractivity contribution in [3.8, 4) is 0 Å². The second-order valence-electron chi connectivity index (χ2n) is 10.3. The minimum atomic E-state index is -4.57. The smallest absolute Gasteiger partial charge is 0.385 e. The van der Waals surface area contributed by atoms with E-state index in [0.717, 1.165) is 36.6 Å². The highest BCUT2D eigenvalue weighted by molar-refractivity contribution is 5.96. The SMILES string of the molecule is [C-]#[N+]c1ccc(C2(O)CCC(N3CC(NC(=O)CNC(=O)c4cccc(C(F)(F)F)c4)[C@@H](OCC)C3)CC2)cc1. The van der Waals surface area contributed by atoms with Crippen molar-refractivity contribution in [2.45, 2.75) is 62.6 Å². The van der Waals surface area contributed by atoms with Crippen molar-refractivity contribution in [3.05, 3.63) is 76.6 Å². The summed E-state index contributed by atoms with van der Waals surface area (Å²) in [5.41, 5.74) is -0.717. The Hall–Kier alpha value is -3.46. The number of hydrogen-bond acceptors (Lipinski definition) is 5. The highest BCUT2D eigenvalue weighted by atomic mass is 19.4. The Bertz CT molecular complexity index is 1240. The van der Waals surface area contributed by atoms with Gasteiger partial charge < -0.3 is 20.5 Å². The summed E-state index contributed by atoms with van der Waals surface area (Å²) in [6, 6.07) is 11.0. The molecule has 1 saturated heterocycles. The van der Waals surface area contributed by atoms with Crippen molar-refractivity contribution >= 4 is 17.5 Å². The van der Waals surface area contributed by atoms with Crippen LogP contribution in [0.15, 0.2) is 48.5 Å². The summed E-state index contributed by atoms with van der Waals surface area (Å²) in [4.78, 5) is 30.7. The molecule has 40 heavy (non-hydrogen) atoms. The summed E-state index contributed by atoms with van der Waals surface area (Å²) < 4.78 is 44.7. The third kappa shape index (κ3) is 6.99. The molecule has 2 atom stereocenters. The van der Waals surface area contributed by atoms with Crippen molar-refractivity contribution in [1.29, 1.82) is 0 Å². The summed E-state index contributed by atoms with van der Waals surface area (Å²) in [5, 5.41) is 16.5. The number of carbonyl (C=O) groups is 2. The van der Waals surface area contributed by atoms with Crippen LogP contribution in [0.5, 0.6) is 0 Å². The third-order valence-corrected chi connectivity index (χ3v) is 7.72. The molecular formula is C29H33F3N4O4. The van der Waals surface area contributed by atoms with Gasteiger partial charge in [-0.05, 0) is 56.4 Å². The fourth-order valence-corrected chi connectivity index (χ4v) is 5.56. The Morgan fingerprint density at radius 2 is 1.85 bits per heavy atom. The van der Waals surface area contributed by atoms with Crippen LogP contribution in [0.1, 0.15) is 54.1 Å². The van der Waals surface area contributed by atoms with Crippen LogP contribution >= 0.6 is 0 Å². The van der Waals surface area contributed by atoms with Gasteiger partial charge in [0.1, 0.15) is 0 Å². The summed E-state index contributed by atoms with van der Waals surface area (Å²) in [6.07, 6.45) is -2.17. The lowest BCUT2D eigenvalue weighted by atomic mass is 9.77. The number of hydrogen-bond donors (Lipinski definition) is 3. The zero-order valence-electron chi connectivity index (χ0n) is 22.2. The molecule has 1 heterocycles. The van der Waals surface area contributed by atoms with Crippen molar-refractivity contribution in [1.82, 2.24) is 15.5 Å². The maximum Gasteiger partial charge on any atom is 0.416 e. The minimum Gasteiger partial charge on any atom is -0.385 e. The number of rotatable bonds is 8. The number of carbonyl (C=O) groups excluding carboxylic acids is 2. The molecule has 1 unspecified atom stereocenters. The quantitative estimate of drug-likeness (QED) is 0.426. The van der Waals surface area contributed by atoms with Gasteiger partial charge in [-0.15, -0.1) is 0 Å². The summed E-state index contributed by atoms with van der Waals surface area (Å²) in [6.45, 7) is 10.2. The van der Waals surface area contributed by atoms with E-state index in [-0.39, 0.29) is 30.3 Å². The normalized spacial score (nSPS) is 25.2. The second kappa shape index (κ2) is 12.4. The van der Waals surface area contributed by atoms with E-state index >= 15 is 0 Å². The Morgan fingerprint density at radius 1 is 1.15 bits per heavy atom. The molecule has 2 aliphatic rings.